The van der Waals surface area contributed by atoms with Crippen LogP contribution in [0.5, 0.6) is 0 Å². The monoisotopic (exact) mass is 283 g/mol. The van der Waals surface area contributed by atoms with Crippen molar-refractivity contribution < 1.29 is 9.53 Å². The average molecular weight is 283 g/mol. The van der Waals surface area contributed by atoms with Crippen LogP contribution in [0.25, 0.3) is 21.5 Å². The third-order valence-corrected chi connectivity index (χ3v) is 4.02. The van der Waals surface area contributed by atoms with Gasteiger partial charge in [0, 0.05) is 5.39 Å². The van der Waals surface area contributed by atoms with Crippen LogP contribution in [-0.2, 0) is 4.74 Å². The molecule has 0 spiro atoms. The molecule has 0 fully saturated rings. The topological polar surface area (TPSA) is 39.2 Å². The Bertz CT molecular complexity index is 764. The van der Waals surface area contributed by atoms with Crippen LogP contribution in [0.4, 0.5) is 0 Å². The molecule has 1 aromatic carbocycles. The van der Waals surface area contributed by atoms with Crippen LogP contribution in [-0.4, -0.2) is 17.6 Å². The number of carbonyl (C=O) groups excluding carboxylic acids is 1. The zero-order chi connectivity index (χ0) is 13.9. The Morgan fingerprint density at radius 3 is 2.85 bits per heavy atom. The lowest BCUT2D eigenvalue weighted by Crippen LogP contribution is -2.01. The molecule has 0 aliphatic rings. The lowest BCUT2D eigenvalue weighted by atomic mass is 10.2. The summed E-state index contributed by atoms with van der Waals surface area (Å²) < 4.78 is 5.00. The number of thiophene rings is 1. The van der Waals surface area contributed by atoms with Gasteiger partial charge in [0.2, 0.25) is 0 Å². The normalized spacial score (nSPS) is 10.7. The molecule has 0 N–H and O–H groups in total. The summed E-state index contributed by atoms with van der Waals surface area (Å²) in [6.45, 7) is 2.19. The molecular weight excluding hydrogens is 270 g/mol. The Labute approximate surface area is 120 Å². The third-order valence-electron chi connectivity index (χ3n) is 2.93. The maximum absolute atomic E-state index is 11.7. The van der Waals surface area contributed by atoms with Crippen molar-refractivity contribution in [1.29, 1.82) is 0 Å². The van der Waals surface area contributed by atoms with Crippen molar-refractivity contribution in [2.75, 3.05) is 6.61 Å². The molecule has 0 radical (unpaired) electrons. The van der Waals surface area contributed by atoms with Crippen molar-refractivity contribution in [2.24, 2.45) is 0 Å². The number of ether oxygens (including phenoxy) is 1. The molecule has 2 aromatic heterocycles. The van der Waals surface area contributed by atoms with Crippen molar-refractivity contribution in [3.63, 3.8) is 0 Å². The molecule has 0 aliphatic carbocycles. The highest BCUT2D eigenvalue weighted by Crippen LogP contribution is 2.28. The van der Waals surface area contributed by atoms with Gasteiger partial charge in [0.25, 0.3) is 0 Å². The summed E-state index contributed by atoms with van der Waals surface area (Å²) in [5, 5.41) is 1.11. The predicted octanol–water partition coefficient (Wildman–Crippen LogP) is 4.14. The van der Waals surface area contributed by atoms with Crippen LogP contribution in [0.1, 0.15) is 16.6 Å². The first-order chi connectivity index (χ1) is 9.78. The van der Waals surface area contributed by atoms with Crippen molar-refractivity contribution in [1.82, 2.24) is 4.98 Å². The van der Waals surface area contributed by atoms with Crippen LogP contribution in [0, 0.1) is 0 Å². The van der Waals surface area contributed by atoms with Gasteiger partial charge in [-0.05, 0) is 31.2 Å². The highest BCUT2D eigenvalue weighted by Gasteiger charge is 2.11. The second-order valence-electron chi connectivity index (χ2n) is 4.27. The molecule has 3 rings (SSSR count). The Kier molecular flexibility index (Phi) is 3.48. The minimum Gasteiger partial charge on any atom is -0.462 e. The van der Waals surface area contributed by atoms with E-state index in [4.69, 9.17) is 4.74 Å². The molecule has 0 amide bonds. The van der Waals surface area contributed by atoms with E-state index in [2.05, 4.69) is 4.98 Å². The van der Waals surface area contributed by atoms with Gasteiger partial charge in [0.05, 0.1) is 22.7 Å². The number of fused-ring (bicyclic) bond motifs is 1. The molecule has 3 nitrogen and oxygen atoms in total. The smallest absolute Gasteiger partial charge is 0.348 e. The summed E-state index contributed by atoms with van der Waals surface area (Å²) in [4.78, 5) is 17.9. The van der Waals surface area contributed by atoms with E-state index in [9.17, 15) is 4.79 Å². The van der Waals surface area contributed by atoms with E-state index < -0.39 is 0 Å². The van der Waals surface area contributed by atoms with E-state index in [1.807, 2.05) is 42.5 Å². The first-order valence-electron chi connectivity index (χ1n) is 6.41. The molecule has 2 heterocycles. The quantitative estimate of drug-likeness (QED) is 0.678. The lowest BCUT2D eigenvalue weighted by Gasteiger charge is -2.00. The van der Waals surface area contributed by atoms with E-state index >= 15 is 0 Å². The molecule has 0 saturated carbocycles. The summed E-state index contributed by atoms with van der Waals surface area (Å²) in [7, 11) is 0. The molecule has 4 heteroatoms. The molecule has 3 aromatic rings. The average Bonchev–Trinajstić information content (AvgIpc) is 2.97. The molecule has 100 valence electrons. The maximum atomic E-state index is 11.7. The van der Waals surface area contributed by atoms with Crippen molar-refractivity contribution in [3.05, 3.63) is 53.4 Å². The van der Waals surface area contributed by atoms with Crippen LogP contribution >= 0.6 is 11.3 Å². The molecule has 0 unspecified atom stereocenters. The van der Waals surface area contributed by atoms with Gasteiger partial charge in [-0.3, -0.25) is 0 Å². The number of esters is 1. The summed E-state index contributed by atoms with van der Waals surface area (Å²) in [5.74, 6) is -0.274. The fourth-order valence-corrected chi connectivity index (χ4v) is 2.86. The van der Waals surface area contributed by atoms with Crippen molar-refractivity contribution in [2.45, 2.75) is 6.92 Å². The zero-order valence-electron chi connectivity index (χ0n) is 11.0. The fourth-order valence-electron chi connectivity index (χ4n) is 1.99. The second-order valence-corrected chi connectivity index (χ2v) is 5.36. The highest BCUT2D eigenvalue weighted by molar-refractivity contribution is 7.17. The minimum absolute atomic E-state index is 0.274. The van der Waals surface area contributed by atoms with Gasteiger partial charge in [-0.15, -0.1) is 11.3 Å². The van der Waals surface area contributed by atoms with Crippen molar-refractivity contribution in [3.8, 4) is 10.6 Å². The zero-order valence-corrected chi connectivity index (χ0v) is 11.8. The van der Waals surface area contributed by atoms with Crippen LogP contribution in [0.2, 0.25) is 0 Å². The Morgan fingerprint density at radius 1 is 1.15 bits per heavy atom. The van der Waals surface area contributed by atoms with Crippen LogP contribution < -0.4 is 0 Å². The fraction of sp³-hybridized carbons (Fsp3) is 0.125. The van der Waals surface area contributed by atoms with Crippen molar-refractivity contribution >= 4 is 28.2 Å². The summed E-state index contributed by atoms with van der Waals surface area (Å²) in [6, 6.07) is 15.7. The molecular formula is C16H13NO2S. The van der Waals surface area contributed by atoms with E-state index in [0.29, 0.717) is 11.5 Å². The van der Waals surface area contributed by atoms with E-state index in [0.717, 1.165) is 21.5 Å². The SMILES string of the molecule is CCOC(=O)c1ccc(-c2ccc3ccccc3n2)s1. The van der Waals surface area contributed by atoms with Crippen LogP contribution in [0.15, 0.2) is 48.5 Å². The Hall–Kier alpha value is -2.20. The van der Waals surface area contributed by atoms with Gasteiger partial charge in [0.1, 0.15) is 4.88 Å². The number of hydrogen-bond donors (Lipinski definition) is 0. The molecule has 0 atom stereocenters. The number of rotatable bonds is 3. The van der Waals surface area contributed by atoms with E-state index in [1.165, 1.54) is 11.3 Å². The predicted molar refractivity (Wildman–Crippen MR) is 81.0 cm³/mol. The third kappa shape index (κ3) is 2.42. The highest BCUT2D eigenvalue weighted by atomic mass is 32.1. The maximum Gasteiger partial charge on any atom is 0.348 e. The minimum atomic E-state index is -0.274. The molecule has 20 heavy (non-hydrogen) atoms. The van der Waals surface area contributed by atoms with E-state index in [1.54, 1.807) is 13.0 Å². The van der Waals surface area contributed by atoms with E-state index in [-0.39, 0.29) is 5.97 Å². The largest absolute Gasteiger partial charge is 0.462 e. The van der Waals surface area contributed by atoms with Gasteiger partial charge in [-0.2, -0.15) is 0 Å². The number of hydrogen-bond acceptors (Lipinski definition) is 4. The Balaban J connectivity index is 1.96. The number of nitrogens with zero attached hydrogens (tertiary/aromatic N) is 1. The number of aromatic nitrogens is 1. The number of carbonyl (C=O) groups is 1. The van der Waals surface area contributed by atoms with Crippen LogP contribution in [0.3, 0.4) is 0 Å². The first kappa shape index (κ1) is 12.8. The van der Waals surface area contributed by atoms with Gasteiger partial charge in [-0.25, -0.2) is 9.78 Å². The van der Waals surface area contributed by atoms with Gasteiger partial charge in [-0.1, -0.05) is 24.3 Å². The summed E-state index contributed by atoms with van der Waals surface area (Å²) >= 11 is 1.41. The number of pyridine rings is 1. The lowest BCUT2D eigenvalue weighted by molar-refractivity contribution is 0.0532. The Morgan fingerprint density at radius 2 is 2.00 bits per heavy atom. The second kappa shape index (κ2) is 5.43. The standard InChI is InChI=1S/C16H13NO2S/c1-2-19-16(18)15-10-9-14(20-15)13-8-7-11-5-3-4-6-12(11)17-13/h3-10H,2H2,1H3. The first-order valence-corrected chi connectivity index (χ1v) is 7.22. The molecule has 0 aliphatic heterocycles. The molecule has 0 saturated heterocycles. The van der Waals surface area contributed by atoms with Gasteiger partial charge >= 0.3 is 5.97 Å². The number of para-hydroxylation sites is 1. The summed E-state index contributed by atoms with van der Waals surface area (Å²) in [5.41, 5.74) is 1.83. The van der Waals surface area contributed by atoms with Gasteiger partial charge < -0.3 is 4.74 Å². The molecule has 0 bridgehead atoms. The summed E-state index contributed by atoms with van der Waals surface area (Å²) in [6.07, 6.45) is 0. The van der Waals surface area contributed by atoms with Gasteiger partial charge in [0.15, 0.2) is 0 Å². The number of benzene rings is 1.